The lowest BCUT2D eigenvalue weighted by atomic mass is 10.2. The third kappa shape index (κ3) is 4.35. The number of ketones is 1. The maximum atomic E-state index is 12.5. The van der Waals surface area contributed by atoms with E-state index >= 15 is 0 Å². The number of rotatable bonds is 5. The van der Waals surface area contributed by atoms with Crippen LogP contribution in [0.4, 0.5) is 0 Å². The largest absolute Gasteiger partial charge is 0.457 e. The van der Waals surface area contributed by atoms with Crippen LogP contribution >= 0.6 is 46.4 Å². The Morgan fingerprint density at radius 2 is 1.53 bits per heavy atom. The molecule has 0 bridgehead atoms. The summed E-state index contributed by atoms with van der Waals surface area (Å²) in [5.41, 5.74) is 1.28. The van der Waals surface area contributed by atoms with Crippen LogP contribution in [0.2, 0.25) is 20.1 Å². The van der Waals surface area contributed by atoms with Gasteiger partial charge in [0.05, 0.1) is 15.1 Å². The van der Waals surface area contributed by atoms with Gasteiger partial charge in [0.2, 0.25) is 5.78 Å². The molecule has 3 nitrogen and oxygen atoms in total. The van der Waals surface area contributed by atoms with Crippen LogP contribution in [0.25, 0.3) is 28.7 Å². The highest BCUT2D eigenvalue weighted by molar-refractivity contribution is 6.43. The summed E-state index contributed by atoms with van der Waals surface area (Å²) in [6.07, 6.45) is 2.92. The molecule has 0 N–H and O–H groups in total. The van der Waals surface area contributed by atoms with E-state index in [0.29, 0.717) is 48.5 Å². The Morgan fingerprint density at radius 3 is 2.37 bits per heavy atom. The Balaban J connectivity index is 1.52. The monoisotopic (exact) mass is 476 g/mol. The molecule has 0 atom stereocenters. The quantitative estimate of drug-likeness (QED) is 0.213. The summed E-state index contributed by atoms with van der Waals surface area (Å²) in [6.45, 7) is 0. The molecule has 0 aliphatic carbocycles. The fraction of sp³-hybridized carbons (Fsp3) is 0. The molecule has 0 aliphatic heterocycles. The van der Waals surface area contributed by atoms with E-state index in [1.165, 1.54) is 6.08 Å². The molecular formula is C23H12Cl4O3. The summed E-state index contributed by atoms with van der Waals surface area (Å²) >= 11 is 24.5. The third-order valence-corrected chi connectivity index (χ3v) is 5.67. The van der Waals surface area contributed by atoms with Gasteiger partial charge in [0.25, 0.3) is 0 Å². The molecule has 2 heterocycles. The summed E-state index contributed by atoms with van der Waals surface area (Å²) in [4.78, 5) is 12.5. The smallest absolute Gasteiger partial charge is 0.221 e. The van der Waals surface area contributed by atoms with Gasteiger partial charge in [-0.1, -0.05) is 52.5 Å². The second kappa shape index (κ2) is 8.75. The van der Waals surface area contributed by atoms with Crippen LogP contribution in [0, 0.1) is 0 Å². The van der Waals surface area contributed by atoms with Crippen molar-refractivity contribution in [1.29, 1.82) is 0 Å². The third-order valence-electron chi connectivity index (χ3n) is 4.29. The number of halogens is 4. The molecule has 0 aliphatic rings. The minimum absolute atomic E-state index is 0.168. The van der Waals surface area contributed by atoms with Crippen LogP contribution in [0.15, 0.2) is 75.6 Å². The number of carbonyl (C=O) groups is 1. The van der Waals surface area contributed by atoms with Crippen molar-refractivity contribution in [3.05, 3.63) is 98.4 Å². The van der Waals surface area contributed by atoms with Crippen LogP contribution in [0.1, 0.15) is 16.3 Å². The van der Waals surface area contributed by atoms with Gasteiger partial charge in [0.1, 0.15) is 17.3 Å². The standard InChI is InChI=1S/C23H12Cl4O3/c24-13-4-7-17(25)16(12-13)21-10-11-22(30-21)19(28)8-5-14-6-9-20(29-14)15-2-1-3-18(26)23(15)27/h1-12H. The average Bonchev–Trinajstić information content (AvgIpc) is 3.40. The number of allylic oxidation sites excluding steroid dienone is 1. The average molecular weight is 478 g/mol. The molecule has 4 aromatic rings. The molecule has 0 unspecified atom stereocenters. The normalized spacial score (nSPS) is 11.3. The fourth-order valence-corrected chi connectivity index (χ4v) is 3.60. The summed E-state index contributed by atoms with van der Waals surface area (Å²) in [6, 6.07) is 17.1. The van der Waals surface area contributed by atoms with Crippen molar-refractivity contribution < 1.29 is 13.6 Å². The van der Waals surface area contributed by atoms with Gasteiger partial charge in [-0.2, -0.15) is 0 Å². The van der Waals surface area contributed by atoms with Gasteiger partial charge >= 0.3 is 0 Å². The number of benzene rings is 2. The molecule has 0 spiro atoms. The van der Waals surface area contributed by atoms with E-state index < -0.39 is 0 Å². The van der Waals surface area contributed by atoms with Gasteiger partial charge in [0.15, 0.2) is 5.76 Å². The summed E-state index contributed by atoms with van der Waals surface area (Å²) in [5.74, 6) is 1.33. The zero-order valence-electron chi connectivity index (χ0n) is 15.2. The van der Waals surface area contributed by atoms with Crippen molar-refractivity contribution in [2.75, 3.05) is 0 Å². The molecule has 0 amide bonds. The number of carbonyl (C=O) groups excluding carboxylic acids is 1. The molecule has 7 heteroatoms. The minimum Gasteiger partial charge on any atom is -0.457 e. The first-order valence-corrected chi connectivity index (χ1v) is 10.3. The zero-order chi connectivity index (χ0) is 21.3. The van der Waals surface area contributed by atoms with E-state index in [4.69, 9.17) is 55.2 Å². The van der Waals surface area contributed by atoms with Crippen LogP contribution in [-0.4, -0.2) is 5.78 Å². The van der Waals surface area contributed by atoms with Crippen LogP contribution in [-0.2, 0) is 0 Å². The predicted molar refractivity (Wildman–Crippen MR) is 122 cm³/mol. The number of furan rings is 2. The van der Waals surface area contributed by atoms with E-state index in [1.807, 2.05) is 0 Å². The Kier molecular flexibility index (Phi) is 6.07. The first kappa shape index (κ1) is 20.8. The van der Waals surface area contributed by atoms with E-state index in [9.17, 15) is 4.79 Å². The summed E-state index contributed by atoms with van der Waals surface area (Å²) < 4.78 is 11.4. The van der Waals surface area contributed by atoms with Crippen molar-refractivity contribution >= 4 is 58.3 Å². The highest BCUT2D eigenvalue weighted by atomic mass is 35.5. The lowest BCUT2D eigenvalue weighted by molar-refractivity contribution is 0.102. The van der Waals surface area contributed by atoms with Gasteiger partial charge in [0, 0.05) is 16.1 Å². The van der Waals surface area contributed by atoms with Crippen molar-refractivity contribution in [2.24, 2.45) is 0 Å². The number of hydrogen-bond donors (Lipinski definition) is 0. The first-order valence-electron chi connectivity index (χ1n) is 8.74. The number of hydrogen-bond acceptors (Lipinski definition) is 3. The summed E-state index contributed by atoms with van der Waals surface area (Å²) in [7, 11) is 0. The van der Waals surface area contributed by atoms with Crippen molar-refractivity contribution in [1.82, 2.24) is 0 Å². The zero-order valence-corrected chi connectivity index (χ0v) is 18.2. The van der Waals surface area contributed by atoms with E-state index in [1.54, 1.807) is 66.7 Å². The minimum atomic E-state index is -0.321. The Labute approximate surface area is 192 Å². The van der Waals surface area contributed by atoms with Crippen molar-refractivity contribution in [2.45, 2.75) is 0 Å². The Hall–Kier alpha value is -2.43. The fourth-order valence-electron chi connectivity index (χ4n) is 2.82. The highest BCUT2D eigenvalue weighted by Crippen LogP contribution is 2.35. The van der Waals surface area contributed by atoms with E-state index in [-0.39, 0.29) is 11.5 Å². The first-order chi connectivity index (χ1) is 14.4. The topological polar surface area (TPSA) is 43.4 Å². The predicted octanol–water partition coefficient (Wildman–Crippen LogP) is 8.72. The Morgan fingerprint density at radius 1 is 0.767 bits per heavy atom. The van der Waals surface area contributed by atoms with Crippen molar-refractivity contribution in [3.63, 3.8) is 0 Å². The maximum absolute atomic E-state index is 12.5. The van der Waals surface area contributed by atoms with E-state index in [0.717, 1.165) is 0 Å². The Bertz CT molecular complexity index is 1270. The highest BCUT2D eigenvalue weighted by Gasteiger charge is 2.14. The second-order valence-corrected chi connectivity index (χ2v) is 7.92. The summed E-state index contributed by atoms with van der Waals surface area (Å²) in [5, 5.41) is 1.84. The molecule has 2 aromatic heterocycles. The van der Waals surface area contributed by atoms with E-state index in [2.05, 4.69) is 0 Å². The van der Waals surface area contributed by atoms with Gasteiger partial charge < -0.3 is 8.83 Å². The lowest BCUT2D eigenvalue weighted by Crippen LogP contribution is -1.90. The van der Waals surface area contributed by atoms with Gasteiger partial charge in [-0.25, -0.2) is 0 Å². The lowest BCUT2D eigenvalue weighted by Gasteiger charge is -2.01. The van der Waals surface area contributed by atoms with Gasteiger partial charge in [-0.05, 0) is 66.7 Å². The molecule has 150 valence electrons. The molecule has 0 radical (unpaired) electrons. The molecule has 0 fully saturated rings. The molecule has 0 saturated heterocycles. The van der Waals surface area contributed by atoms with Crippen LogP contribution in [0.5, 0.6) is 0 Å². The van der Waals surface area contributed by atoms with Gasteiger partial charge in [-0.15, -0.1) is 0 Å². The second-order valence-electron chi connectivity index (χ2n) is 6.29. The molecule has 2 aromatic carbocycles. The SMILES string of the molecule is O=C(C=Cc1ccc(-c2cccc(Cl)c2Cl)o1)c1ccc(-c2cc(Cl)ccc2Cl)o1. The molecule has 0 saturated carbocycles. The van der Waals surface area contributed by atoms with Crippen LogP contribution < -0.4 is 0 Å². The van der Waals surface area contributed by atoms with Crippen LogP contribution in [0.3, 0.4) is 0 Å². The molecule has 4 rings (SSSR count). The molecule has 30 heavy (non-hydrogen) atoms. The van der Waals surface area contributed by atoms with Crippen molar-refractivity contribution in [3.8, 4) is 22.6 Å². The molecular weight excluding hydrogens is 466 g/mol. The van der Waals surface area contributed by atoms with Gasteiger partial charge in [-0.3, -0.25) is 4.79 Å². The maximum Gasteiger partial charge on any atom is 0.221 e.